The SMILES string of the molecule is NCC[C@@H]1Cc2c(cc(C(F)(F)F)cc2C(F)(F)F)NC1=O. The zero-order valence-electron chi connectivity index (χ0n) is 11.1. The summed E-state index contributed by atoms with van der Waals surface area (Å²) in [6.45, 7) is 0.0927. The van der Waals surface area contributed by atoms with Crippen LogP contribution in [0.4, 0.5) is 32.0 Å². The molecule has 1 aliphatic rings. The number of carbonyl (C=O) groups excluding carboxylic acids is 1. The fourth-order valence-corrected chi connectivity index (χ4v) is 2.43. The molecule has 0 radical (unpaired) electrons. The van der Waals surface area contributed by atoms with Crippen molar-refractivity contribution in [3.05, 3.63) is 28.8 Å². The average Bonchev–Trinajstić information content (AvgIpc) is 2.36. The normalized spacial score (nSPS) is 18.9. The van der Waals surface area contributed by atoms with Crippen LogP contribution in [0.15, 0.2) is 12.1 Å². The smallest absolute Gasteiger partial charge is 0.330 e. The molecule has 122 valence electrons. The van der Waals surface area contributed by atoms with Gasteiger partial charge < -0.3 is 11.1 Å². The minimum atomic E-state index is -4.94. The molecule has 1 aromatic carbocycles. The summed E-state index contributed by atoms with van der Waals surface area (Å²) in [6, 6.07) is 0.608. The van der Waals surface area contributed by atoms with Gasteiger partial charge in [0.25, 0.3) is 0 Å². The van der Waals surface area contributed by atoms with Crippen LogP contribution in [0, 0.1) is 5.92 Å². The van der Waals surface area contributed by atoms with Crippen LogP contribution in [0.3, 0.4) is 0 Å². The second kappa shape index (κ2) is 5.45. The maximum absolute atomic E-state index is 13.0. The Hall–Kier alpha value is -1.77. The number of rotatable bonds is 2. The summed E-state index contributed by atoms with van der Waals surface area (Å²) in [5.74, 6) is -1.40. The molecule has 0 saturated carbocycles. The second-order valence-electron chi connectivity index (χ2n) is 5.01. The van der Waals surface area contributed by atoms with Gasteiger partial charge >= 0.3 is 12.4 Å². The number of amides is 1. The maximum atomic E-state index is 13.0. The number of hydrogen-bond donors (Lipinski definition) is 2. The van der Waals surface area contributed by atoms with Crippen molar-refractivity contribution < 1.29 is 31.1 Å². The Morgan fingerprint density at radius 1 is 1.14 bits per heavy atom. The number of carbonyl (C=O) groups is 1. The standard InChI is InChI=1S/C13H12F6N2O/c14-12(15,16)7-4-9(13(17,18)19)8-3-6(1-2-20)11(22)21-10(8)5-7/h4-6H,1-3,20H2,(H,21,22)/t6-/m1/s1. The van der Waals surface area contributed by atoms with Crippen LogP contribution in [-0.4, -0.2) is 12.5 Å². The predicted octanol–water partition coefficient (Wildman–Crippen LogP) is 3.18. The first-order valence-electron chi connectivity index (χ1n) is 6.36. The molecule has 1 aliphatic heterocycles. The fraction of sp³-hybridized carbons (Fsp3) is 0.462. The summed E-state index contributed by atoms with van der Waals surface area (Å²) in [7, 11) is 0. The highest BCUT2D eigenvalue weighted by Gasteiger charge is 2.41. The Labute approximate surface area is 121 Å². The molecule has 0 unspecified atom stereocenters. The molecule has 1 atom stereocenters. The summed E-state index contributed by atoms with van der Waals surface area (Å²) in [6.07, 6.45) is -10.0. The molecule has 1 heterocycles. The molecule has 22 heavy (non-hydrogen) atoms. The van der Waals surface area contributed by atoms with Gasteiger partial charge in [0.15, 0.2) is 0 Å². The number of nitrogens with two attached hydrogens (primary N) is 1. The van der Waals surface area contributed by atoms with Crippen LogP contribution in [0.25, 0.3) is 0 Å². The van der Waals surface area contributed by atoms with Crippen molar-refractivity contribution in [1.29, 1.82) is 0 Å². The van der Waals surface area contributed by atoms with Gasteiger partial charge in [-0.05, 0) is 37.1 Å². The van der Waals surface area contributed by atoms with Gasteiger partial charge in [0.2, 0.25) is 5.91 Å². The molecule has 0 fully saturated rings. The van der Waals surface area contributed by atoms with Crippen molar-refractivity contribution in [1.82, 2.24) is 0 Å². The zero-order chi connectivity index (χ0) is 16.7. The number of nitrogens with one attached hydrogen (secondary N) is 1. The van der Waals surface area contributed by atoms with Crippen LogP contribution in [0.5, 0.6) is 0 Å². The summed E-state index contributed by atoms with van der Waals surface area (Å²) in [5.41, 5.74) is 1.69. The van der Waals surface area contributed by atoms with Gasteiger partial charge in [0.1, 0.15) is 0 Å². The Morgan fingerprint density at radius 3 is 2.27 bits per heavy atom. The van der Waals surface area contributed by atoms with Gasteiger partial charge in [-0.15, -0.1) is 0 Å². The summed E-state index contributed by atoms with van der Waals surface area (Å²) in [4.78, 5) is 11.7. The topological polar surface area (TPSA) is 55.1 Å². The first kappa shape index (κ1) is 16.6. The number of benzene rings is 1. The zero-order valence-corrected chi connectivity index (χ0v) is 11.1. The highest BCUT2D eigenvalue weighted by molar-refractivity contribution is 5.96. The van der Waals surface area contributed by atoms with Gasteiger partial charge in [0, 0.05) is 11.6 Å². The highest BCUT2D eigenvalue weighted by atomic mass is 19.4. The van der Waals surface area contributed by atoms with Crippen molar-refractivity contribution >= 4 is 11.6 Å². The summed E-state index contributed by atoms with van der Waals surface area (Å²) < 4.78 is 77.3. The minimum absolute atomic E-state index is 0.0792. The Bertz CT molecular complexity index is 593. The molecule has 2 rings (SSSR count). The summed E-state index contributed by atoms with van der Waals surface area (Å²) >= 11 is 0. The van der Waals surface area contributed by atoms with E-state index >= 15 is 0 Å². The Morgan fingerprint density at radius 2 is 1.77 bits per heavy atom. The third-order valence-corrected chi connectivity index (χ3v) is 3.48. The lowest BCUT2D eigenvalue weighted by molar-refractivity contribution is -0.143. The molecular formula is C13H12F6N2O. The number of hydrogen-bond acceptors (Lipinski definition) is 2. The van der Waals surface area contributed by atoms with E-state index in [0.717, 1.165) is 0 Å². The van der Waals surface area contributed by atoms with E-state index in [2.05, 4.69) is 5.32 Å². The monoisotopic (exact) mass is 326 g/mol. The number of halogens is 6. The largest absolute Gasteiger partial charge is 0.416 e. The van der Waals surface area contributed by atoms with Gasteiger partial charge in [-0.2, -0.15) is 26.3 Å². The molecular weight excluding hydrogens is 314 g/mol. The van der Waals surface area contributed by atoms with E-state index in [4.69, 9.17) is 5.73 Å². The van der Waals surface area contributed by atoms with Crippen LogP contribution in [-0.2, 0) is 23.6 Å². The van der Waals surface area contributed by atoms with Gasteiger partial charge in [-0.25, -0.2) is 0 Å². The average molecular weight is 326 g/mol. The van der Waals surface area contributed by atoms with Crippen molar-refractivity contribution in [3.63, 3.8) is 0 Å². The first-order chi connectivity index (χ1) is 10.0. The maximum Gasteiger partial charge on any atom is 0.416 e. The van der Waals surface area contributed by atoms with E-state index in [9.17, 15) is 31.1 Å². The van der Waals surface area contributed by atoms with E-state index in [-0.39, 0.29) is 31.0 Å². The highest BCUT2D eigenvalue weighted by Crippen LogP contribution is 2.43. The van der Waals surface area contributed by atoms with Crippen molar-refractivity contribution in [2.45, 2.75) is 25.2 Å². The Kier molecular flexibility index (Phi) is 4.12. The Balaban J connectivity index is 2.58. The molecule has 3 N–H and O–H groups in total. The van der Waals surface area contributed by atoms with E-state index in [1.807, 2.05) is 0 Å². The third-order valence-electron chi connectivity index (χ3n) is 3.48. The quantitative estimate of drug-likeness (QED) is 0.820. The van der Waals surface area contributed by atoms with Crippen molar-refractivity contribution in [2.75, 3.05) is 11.9 Å². The first-order valence-corrected chi connectivity index (χ1v) is 6.36. The van der Waals surface area contributed by atoms with Gasteiger partial charge in [-0.3, -0.25) is 4.79 Å². The predicted molar refractivity (Wildman–Crippen MR) is 65.9 cm³/mol. The number of fused-ring (bicyclic) bond motifs is 1. The lowest BCUT2D eigenvalue weighted by Crippen LogP contribution is -2.33. The van der Waals surface area contributed by atoms with Crippen LogP contribution in [0.2, 0.25) is 0 Å². The van der Waals surface area contributed by atoms with Gasteiger partial charge in [-0.1, -0.05) is 0 Å². The number of alkyl halides is 6. The summed E-state index contributed by atoms with van der Waals surface area (Å²) in [5, 5.41) is 2.13. The molecule has 0 bridgehead atoms. The fourth-order valence-electron chi connectivity index (χ4n) is 2.43. The molecule has 3 nitrogen and oxygen atoms in total. The molecule has 0 aliphatic carbocycles. The van der Waals surface area contributed by atoms with Crippen LogP contribution < -0.4 is 11.1 Å². The lowest BCUT2D eigenvalue weighted by Gasteiger charge is -2.28. The van der Waals surface area contributed by atoms with Crippen molar-refractivity contribution in [2.24, 2.45) is 11.7 Å². The molecule has 0 aromatic heterocycles. The molecule has 0 spiro atoms. The minimum Gasteiger partial charge on any atom is -0.330 e. The molecule has 9 heteroatoms. The molecule has 1 amide bonds. The van der Waals surface area contributed by atoms with Crippen LogP contribution >= 0.6 is 0 Å². The van der Waals surface area contributed by atoms with Crippen LogP contribution in [0.1, 0.15) is 23.1 Å². The lowest BCUT2D eigenvalue weighted by atomic mass is 9.86. The van der Waals surface area contributed by atoms with E-state index in [0.29, 0.717) is 6.07 Å². The third kappa shape index (κ3) is 3.18. The molecule has 0 saturated heterocycles. The van der Waals surface area contributed by atoms with Gasteiger partial charge in [0.05, 0.1) is 11.1 Å². The van der Waals surface area contributed by atoms with Crippen molar-refractivity contribution in [3.8, 4) is 0 Å². The molecule has 1 aromatic rings. The van der Waals surface area contributed by atoms with E-state index in [1.54, 1.807) is 0 Å². The second-order valence-corrected chi connectivity index (χ2v) is 5.01. The van der Waals surface area contributed by atoms with E-state index in [1.165, 1.54) is 0 Å². The van der Waals surface area contributed by atoms with E-state index < -0.39 is 41.0 Å². The number of anilines is 1.